The van der Waals surface area contributed by atoms with Crippen LogP contribution in [0.5, 0.6) is 5.75 Å². The van der Waals surface area contributed by atoms with Crippen LogP contribution in [0.3, 0.4) is 0 Å². The molecule has 0 aromatic heterocycles. The highest BCUT2D eigenvalue weighted by atomic mass is 79.9. The largest absolute Gasteiger partial charge is 0.573 e. The first kappa shape index (κ1) is 16.7. The second kappa shape index (κ2) is 6.42. The van der Waals surface area contributed by atoms with Gasteiger partial charge >= 0.3 is 12.3 Å². The summed E-state index contributed by atoms with van der Waals surface area (Å²) in [4.78, 5) is 10.4. The fraction of sp³-hybridized carbons (Fsp3) is 0.364. The minimum atomic E-state index is -4.84. The van der Waals surface area contributed by atoms with Crippen LogP contribution in [0.2, 0.25) is 0 Å². The number of hydrogen-bond donors (Lipinski definition) is 3. The summed E-state index contributed by atoms with van der Waals surface area (Å²) < 4.78 is 39.8. The number of ether oxygens (including phenoxy) is 1. The summed E-state index contributed by atoms with van der Waals surface area (Å²) in [5.74, 6) is -1.82. The lowest BCUT2D eigenvalue weighted by Gasteiger charge is -2.18. The Labute approximate surface area is 119 Å². The Morgan fingerprint density at radius 3 is 2.40 bits per heavy atom. The van der Waals surface area contributed by atoms with Crippen LogP contribution in [0.25, 0.3) is 0 Å². The lowest BCUT2D eigenvalue weighted by Crippen LogP contribution is -2.22. The molecule has 9 heteroatoms. The molecule has 112 valence electrons. The van der Waals surface area contributed by atoms with Crippen LogP contribution in [0.1, 0.15) is 18.1 Å². The quantitative estimate of drug-likeness (QED) is 0.751. The fourth-order valence-electron chi connectivity index (χ4n) is 1.44. The smallest absolute Gasteiger partial charge is 0.481 e. The van der Waals surface area contributed by atoms with E-state index in [0.717, 1.165) is 18.2 Å². The molecule has 2 atom stereocenters. The van der Waals surface area contributed by atoms with Crippen LogP contribution in [-0.4, -0.2) is 33.8 Å². The molecule has 3 N–H and O–H groups in total. The predicted molar refractivity (Wildman–Crippen MR) is 64.0 cm³/mol. The topological polar surface area (TPSA) is 87.0 Å². The van der Waals surface area contributed by atoms with Gasteiger partial charge in [0, 0.05) is 4.47 Å². The molecule has 20 heavy (non-hydrogen) atoms. The van der Waals surface area contributed by atoms with Crippen molar-refractivity contribution in [2.24, 2.45) is 0 Å². The van der Waals surface area contributed by atoms with Crippen molar-refractivity contribution < 1.29 is 38.0 Å². The minimum absolute atomic E-state index is 0.0493. The monoisotopic (exact) mass is 358 g/mol. The van der Waals surface area contributed by atoms with Gasteiger partial charge in [0.15, 0.2) is 0 Å². The molecule has 1 aromatic carbocycles. The van der Waals surface area contributed by atoms with Gasteiger partial charge in [-0.15, -0.1) is 13.2 Å². The van der Waals surface area contributed by atoms with E-state index in [0.29, 0.717) is 0 Å². The molecule has 0 saturated heterocycles. The number of aliphatic carboxylic acids is 1. The van der Waals surface area contributed by atoms with Crippen molar-refractivity contribution in [3.63, 3.8) is 0 Å². The number of alkyl halides is 3. The summed E-state index contributed by atoms with van der Waals surface area (Å²) in [5, 5.41) is 27.7. The van der Waals surface area contributed by atoms with Crippen LogP contribution >= 0.6 is 15.9 Å². The number of rotatable bonds is 5. The normalized spacial score (nSPS) is 14.7. The Balaban J connectivity index is 2.90. The predicted octanol–water partition coefficient (Wildman–Crippen LogP) is 2.22. The Bertz CT molecular complexity index is 491. The van der Waals surface area contributed by atoms with Crippen molar-refractivity contribution in [1.82, 2.24) is 0 Å². The maximum Gasteiger partial charge on any atom is 0.573 e. The zero-order valence-electron chi connectivity index (χ0n) is 9.76. The van der Waals surface area contributed by atoms with Crippen molar-refractivity contribution in [2.45, 2.75) is 25.0 Å². The molecule has 0 radical (unpaired) electrons. The molecule has 0 aliphatic carbocycles. The third-order valence-corrected chi connectivity index (χ3v) is 2.96. The van der Waals surface area contributed by atoms with Gasteiger partial charge in [0.2, 0.25) is 0 Å². The van der Waals surface area contributed by atoms with E-state index >= 15 is 0 Å². The Morgan fingerprint density at radius 2 is 1.95 bits per heavy atom. The van der Waals surface area contributed by atoms with E-state index < -0.39 is 36.7 Å². The second-order valence-corrected chi connectivity index (χ2v) is 4.70. The molecule has 2 unspecified atom stereocenters. The van der Waals surface area contributed by atoms with Gasteiger partial charge in [0.25, 0.3) is 0 Å². The molecule has 0 aliphatic rings. The van der Waals surface area contributed by atoms with E-state index in [-0.39, 0.29) is 10.0 Å². The zero-order chi connectivity index (χ0) is 15.5. The van der Waals surface area contributed by atoms with E-state index in [1.807, 2.05) is 0 Å². The summed E-state index contributed by atoms with van der Waals surface area (Å²) in [5.41, 5.74) is 0.0493. The Morgan fingerprint density at radius 1 is 1.35 bits per heavy atom. The molecule has 0 fully saturated rings. The molecular formula is C11H10BrF3O5. The highest BCUT2D eigenvalue weighted by Gasteiger charge is 2.31. The molecule has 0 aliphatic heterocycles. The number of hydrogen-bond acceptors (Lipinski definition) is 4. The Hall–Kier alpha value is -1.32. The van der Waals surface area contributed by atoms with E-state index in [9.17, 15) is 28.2 Å². The number of carboxylic acids is 1. The minimum Gasteiger partial charge on any atom is -0.481 e. The van der Waals surface area contributed by atoms with Gasteiger partial charge in [-0.05, 0) is 17.7 Å². The maximum atomic E-state index is 12.0. The number of halogens is 4. The average Bonchev–Trinajstić information content (AvgIpc) is 2.25. The summed E-state index contributed by atoms with van der Waals surface area (Å²) in [6.45, 7) is 0. The molecule has 0 heterocycles. The van der Waals surface area contributed by atoms with Crippen molar-refractivity contribution in [1.29, 1.82) is 0 Å². The summed E-state index contributed by atoms with van der Waals surface area (Å²) in [6, 6.07) is 3.00. The summed E-state index contributed by atoms with van der Waals surface area (Å²) in [7, 11) is 0. The van der Waals surface area contributed by atoms with E-state index in [1.54, 1.807) is 0 Å². The number of aliphatic hydroxyl groups is 2. The molecule has 0 amide bonds. The maximum absolute atomic E-state index is 12.0. The Kier molecular flexibility index (Phi) is 5.37. The number of aliphatic hydroxyl groups excluding tert-OH is 2. The lowest BCUT2D eigenvalue weighted by atomic mass is 10.0. The highest BCUT2D eigenvalue weighted by Crippen LogP contribution is 2.32. The van der Waals surface area contributed by atoms with Gasteiger partial charge in [-0.1, -0.05) is 22.0 Å². The third-order valence-electron chi connectivity index (χ3n) is 2.27. The zero-order valence-corrected chi connectivity index (χ0v) is 11.3. The van der Waals surface area contributed by atoms with Crippen molar-refractivity contribution in [2.75, 3.05) is 0 Å². The van der Waals surface area contributed by atoms with Crippen LogP contribution < -0.4 is 4.74 Å². The molecule has 5 nitrogen and oxygen atoms in total. The van der Waals surface area contributed by atoms with Crippen molar-refractivity contribution in [3.05, 3.63) is 28.2 Å². The van der Waals surface area contributed by atoms with E-state index in [4.69, 9.17) is 5.11 Å². The van der Waals surface area contributed by atoms with Gasteiger partial charge in [-0.25, -0.2) is 0 Å². The van der Waals surface area contributed by atoms with Gasteiger partial charge < -0.3 is 20.1 Å². The van der Waals surface area contributed by atoms with Crippen molar-refractivity contribution >= 4 is 21.9 Å². The van der Waals surface area contributed by atoms with Crippen molar-refractivity contribution in [3.8, 4) is 5.75 Å². The van der Waals surface area contributed by atoms with Gasteiger partial charge in [-0.2, -0.15) is 0 Å². The second-order valence-electron chi connectivity index (χ2n) is 3.84. The molecular weight excluding hydrogens is 349 g/mol. The molecule has 1 aromatic rings. The van der Waals surface area contributed by atoms with Crippen LogP contribution in [0.4, 0.5) is 13.2 Å². The first-order valence-electron chi connectivity index (χ1n) is 5.23. The van der Waals surface area contributed by atoms with Gasteiger partial charge in [0.05, 0.1) is 12.5 Å². The molecule has 1 rings (SSSR count). The van der Waals surface area contributed by atoms with Crippen LogP contribution in [-0.2, 0) is 4.79 Å². The van der Waals surface area contributed by atoms with E-state index in [1.165, 1.54) is 0 Å². The first-order chi connectivity index (χ1) is 9.10. The fourth-order valence-corrected chi connectivity index (χ4v) is 2.03. The van der Waals surface area contributed by atoms with Crippen LogP contribution in [0, 0.1) is 0 Å². The lowest BCUT2D eigenvalue weighted by molar-refractivity contribution is -0.274. The third kappa shape index (κ3) is 4.99. The SMILES string of the molecule is O=C(O)CC(O)C(O)c1ccc(OC(F)(F)F)cc1Br. The average molecular weight is 359 g/mol. The molecule has 0 bridgehead atoms. The summed E-state index contributed by atoms with van der Waals surface area (Å²) >= 11 is 2.92. The number of benzene rings is 1. The van der Waals surface area contributed by atoms with Crippen LogP contribution in [0.15, 0.2) is 22.7 Å². The first-order valence-corrected chi connectivity index (χ1v) is 6.02. The van der Waals surface area contributed by atoms with Gasteiger partial charge in [-0.3, -0.25) is 4.79 Å². The highest BCUT2D eigenvalue weighted by molar-refractivity contribution is 9.10. The number of carboxylic acid groups (broad SMARTS) is 1. The van der Waals surface area contributed by atoms with Gasteiger partial charge in [0.1, 0.15) is 11.9 Å². The standard InChI is InChI=1S/C11H10BrF3O5/c12-7-3-5(20-11(13,14)15)1-2-6(7)10(19)8(16)4-9(17)18/h1-3,8,10,16,19H,4H2,(H,17,18). The van der Waals surface area contributed by atoms with E-state index in [2.05, 4.69) is 20.7 Å². The summed E-state index contributed by atoms with van der Waals surface area (Å²) in [6.07, 6.45) is -8.69. The molecule has 0 saturated carbocycles. The number of carbonyl (C=O) groups is 1. The molecule has 0 spiro atoms.